The number of nitrogens with zero attached hydrogens (tertiary/aromatic N) is 5. The zero-order valence-electron chi connectivity index (χ0n) is 11.0. The standard InChI is InChI=1S/C11H11N5O4S/c1-21(17,18)11-15-14-10(20-11)8-2-4-9(5-3-8)19-7-6-13-16-12/h2-5H,6-7H2,1H3. The van der Waals surface area contributed by atoms with E-state index in [0.717, 1.165) is 6.26 Å². The van der Waals surface area contributed by atoms with Crippen LogP contribution < -0.4 is 4.74 Å². The average Bonchev–Trinajstić information content (AvgIpc) is 2.94. The highest BCUT2D eigenvalue weighted by Gasteiger charge is 2.17. The number of ether oxygens (including phenoxy) is 1. The van der Waals surface area contributed by atoms with E-state index < -0.39 is 15.1 Å². The number of benzene rings is 1. The van der Waals surface area contributed by atoms with Gasteiger partial charge in [-0.3, -0.25) is 0 Å². The van der Waals surface area contributed by atoms with Gasteiger partial charge in [-0.05, 0) is 29.8 Å². The van der Waals surface area contributed by atoms with Gasteiger partial charge in [0.2, 0.25) is 15.7 Å². The van der Waals surface area contributed by atoms with Crippen LogP contribution in [0.3, 0.4) is 0 Å². The average molecular weight is 309 g/mol. The Morgan fingerprint density at radius 3 is 2.62 bits per heavy atom. The first-order chi connectivity index (χ1) is 10.0. The molecule has 0 aliphatic rings. The zero-order chi connectivity index (χ0) is 15.3. The fourth-order valence-corrected chi connectivity index (χ4v) is 1.84. The molecule has 1 heterocycles. The van der Waals surface area contributed by atoms with Gasteiger partial charge in [-0.2, -0.15) is 0 Å². The Labute approximate surface area is 120 Å². The second kappa shape index (κ2) is 6.25. The summed E-state index contributed by atoms with van der Waals surface area (Å²) in [5.74, 6) is 0.686. The summed E-state index contributed by atoms with van der Waals surface area (Å²) < 4.78 is 32.9. The molecule has 0 bridgehead atoms. The maximum atomic E-state index is 11.3. The zero-order valence-corrected chi connectivity index (χ0v) is 11.8. The molecular weight excluding hydrogens is 298 g/mol. The van der Waals surface area contributed by atoms with E-state index in [1.54, 1.807) is 24.3 Å². The van der Waals surface area contributed by atoms with Crippen LogP contribution in [0.1, 0.15) is 0 Å². The number of hydrogen-bond donors (Lipinski definition) is 0. The molecule has 9 nitrogen and oxygen atoms in total. The van der Waals surface area contributed by atoms with Crippen molar-refractivity contribution in [3.05, 3.63) is 34.7 Å². The van der Waals surface area contributed by atoms with Gasteiger partial charge in [0.15, 0.2) is 0 Å². The molecule has 0 atom stereocenters. The summed E-state index contributed by atoms with van der Waals surface area (Å²) in [5.41, 5.74) is 8.69. The summed E-state index contributed by atoms with van der Waals surface area (Å²) in [4.78, 5) is 2.61. The molecule has 0 aliphatic carbocycles. The molecule has 0 N–H and O–H groups in total. The molecule has 0 fully saturated rings. The molecule has 0 radical (unpaired) electrons. The second-order valence-corrected chi connectivity index (χ2v) is 5.87. The van der Waals surface area contributed by atoms with Gasteiger partial charge in [0, 0.05) is 16.7 Å². The van der Waals surface area contributed by atoms with Gasteiger partial charge in [0.1, 0.15) is 5.75 Å². The lowest BCUT2D eigenvalue weighted by Crippen LogP contribution is -1.99. The Hall–Kier alpha value is -2.58. The Kier molecular flexibility index (Phi) is 4.41. The van der Waals surface area contributed by atoms with Crippen LogP contribution in [0.15, 0.2) is 39.0 Å². The summed E-state index contributed by atoms with van der Waals surface area (Å²) >= 11 is 0. The van der Waals surface area contributed by atoms with E-state index in [0.29, 0.717) is 11.3 Å². The van der Waals surface area contributed by atoms with Crippen molar-refractivity contribution in [1.29, 1.82) is 0 Å². The Morgan fingerprint density at radius 2 is 2.05 bits per heavy atom. The molecule has 0 spiro atoms. The van der Waals surface area contributed by atoms with Gasteiger partial charge in [-0.25, -0.2) is 8.42 Å². The molecule has 110 valence electrons. The molecular formula is C11H11N5O4S. The van der Waals surface area contributed by atoms with Crippen molar-refractivity contribution in [2.45, 2.75) is 5.22 Å². The van der Waals surface area contributed by atoms with E-state index >= 15 is 0 Å². The Morgan fingerprint density at radius 1 is 1.33 bits per heavy atom. The first-order valence-corrected chi connectivity index (χ1v) is 7.67. The third-order valence-electron chi connectivity index (χ3n) is 2.35. The molecule has 1 aromatic carbocycles. The minimum atomic E-state index is -3.52. The van der Waals surface area contributed by atoms with E-state index in [9.17, 15) is 8.42 Å². The lowest BCUT2D eigenvalue weighted by Gasteiger charge is -2.03. The van der Waals surface area contributed by atoms with Crippen molar-refractivity contribution < 1.29 is 17.6 Å². The lowest BCUT2D eigenvalue weighted by molar-refractivity contribution is 0.328. The van der Waals surface area contributed by atoms with E-state index in [4.69, 9.17) is 14.7 Å². The fourth-order valence-electron chi connectivity index (χ4n) is 1.42. The Bertz CT molecular complexity index is 762. The van der Waals surface area contributed by atoms with Crippen molar-refractivity contribution in [3.63, 3.8) is 0 Å². The van der Waals surface area contributed by atoms with Crippen molar-refractivity contribution in [2.75, 3.05) is 19.4 Å². The second-order valence-electron chi connectivity index (χ2n) is 3.97. The Balaban J connectivity index is 2.08. The van der Waals surface area contributed by atoms with Crippen molar-refractivity contribution >= 4 is 9.84 Å². The molecule has 2 aromatic rings. The molecule has 0 saturated heterocycles. The maximum Gasteiger partial charge on any atom is 0.335 e. The van der Waals surface area contributed by atoms with Crippen molar-refractivity contribution in [1.82, 2.24) is 10.2 Å². The van der Waals surface area contributed by atoms with E-state index in [-0.39, 0.29) is 19.0 Å². The van der Waals surface area contributed by atoms with Crippen LogP contribution in [0.5, 0.6) is 5.75 Å². The maximum absolute atomic E-state index is 11.3. The topological polar surface area (TPSA) is 131 Å². The third kappa shape index (κ3) is 3.94. The summed E-state index contributed by atoms with van der Waals surface area (Å²) in [6.45, 7) is 0.502. The van der Waals surface area contributed by atoms with Crippen LogP contribution >= 0.6 is 0 Å². The summed E-state index contributed by atoms with van der Waals surface area (Å²) in [6.07, 6.45) is 0.991. The van der Waals surface area contributed by atoms with Crippen LogP contribution in [0.25, 0.3) is 21.9 Å². The van der Waals surface area contributed by atoms with E-state index in [1.165, 1.54) is 0 Å². The normalized spacial score (nSPS) is 10.9. The molecule has 0 aliphatic heterocycles. The van der Waals surface area contributed by atoms with Gasteiger partial charge in [-0.1, -0.05) is 10.2 Å². The van der Waals surface area contributed by atoms with Gasteiger partial charge in [0.25, 0.3) is 0 Å². The van der Waals surface area contributed by atoms with Crippen LogP contribution in [-0.2, 0) is 9.84 Å². The largest absolute Gasteiger partial charge is 0.493 e. The summed E-state index contributed by atoms with van der Waals surface area (Å²) in [6, 6.07) is 6.64. The third-order valence-corrected chi connectivity index (χ3v) is 3.15. The smallest absolute Gasteiger partial charge is 0.335 e. The molecule has 0 amide bonds. The molecule has 1 aromatic heterocycles. The predicted molar refractivity (Wildman–Crippen MR) is 72.4 cm³/mol. The minimum Gasteiger partial charge on any atom is -0.493 e. The van der Waals surface area contributed by atoms with Crippen molar-refractivity contribution in [3.8, 4) is 17.2 Å². The molecule has 0 saturated carbocycles. The number of aromatic nitrogens is 2. The quantitative estimate of drug-likeness (QED) is 0.346. The van der Waals surface area contributed by atoms with Gasteiger partial charge in [-0.15, -0.1) is 5.10 Å². The highest BCUT2D eigenvalue weighted by atomic mass is 32.2. The van der Waals surface area contributed by atoms with Crippen LogP contribution in [0.4, 0.5) is 0 Å². The van der Waals surface area contributed by atoms with E-state index in [1.807, 2.05) is 0 Å². The van der Waals surface area contributed by atoms with Gasteiger partial charge >= 0.3 is 5.22 Å². The van der Waals surface area contributed by atoms with Gasteiger partial charge < -0.3 is 9.15 Å². The summed E-state index contributed by atoms with van der Waals surface area (Å²) in [7, 11) is -3.52. The van der Waals surface area contributed by atoms with Crippen LogP contribution in [0, 0.1) is 0 Å². The molecule has 21 heavy (non-hydrogen) atoms. The fraction of sp³-hybridized carbons (Fsp3) is 0.273. The van der Waals surface area contributed by atoms with Gasteiger partial charge in [0.05, 0.1) is 13.2 Å². The van der Waals surface area contributed by atoms with E-state index in [2.05, 4.69) is 20.2 Å². The minimum absolute atomic E-state index is 0.107. The number of azide groups is 1. The number of rotatable bonds is 6. The molecule has 10 heteroatoms. The molecule has 0 unspecified atom stereocenters. The first kappa shape index (κ1) is 14.8. The SMILES string of the molecule is CS(=O)(=O)c1nnc(-c2ccc(OCCN=[N+]=[N-])cc2)o1. The highest BCUT2D eigenvalue weighted by Crippen LogP contribution is 2.22. The van der Waals surface area contributed by atoms with Crippen LogP contribution in [-0.4, -0.2) is 38.0 Å². The van der Waals surface area contributed by atoms with Crippen LogP contribution in [0.2, 0.25) is 0 Å². The monoisotopic (exact) mass is 309 g/mol. The molecule has 2 rings (SSSR count). The predicted octanol–water partition coefficient (Wildman–Crippen LogP) is 1.83. The highest BCUT2D eigenvalue weighted by molar-refractivity contribution is 7.90. The number of sulfone groups is 1. The van der Waals surface area contributed by atoms with Crippen molar-refractivity contribution in [2.24, 2.45) is 5.11 Å². The summed E-state index contributed by atoms with van der Waals surface area (Å²) in [5, 5.41) is 10.1. The first-order valence-electron chi connectivity index (χ1n) is 5.78. The lowest BCUT2D eigenvalue weighted by atomic mass is 10.2. The number of hydrogen-bond acceptors (Lipinski definition) is 7.